The monoisotopic (exact) mass is 527 g/mol. The van der Waals surface area contributed by atoms with Gasteiger partial charge in [-0.15, -0.1) is 23.1 Å². The fourth-order valence-electron chi connectivity index (χ4n) is 4.29. The minimum atomic E-state index is -0.272. The molecule has 5 nitrogen and oxygen atoms in total. The molecule has 0 saturated heterocycles. The third-order valence-electron chi connectivity index (χ3n) is 5.93. The van der Waals surface area contributed by atoms with Crippen LogP contribution in [0, 0.1) is 0 Å². The Bertz CT molecular complexity index is 1550. The molecule has 9 heteroatoms. The summed E-state index contributed by atoms with van der Waals surface area (Å²) in [6.07, 6.45) is 4.08. The summed E-state index contributed by atoms with van der Waals surface area (Å²) in [5.41, 5.74) is 4.82. The number of benzene rings is 1. The van der Waals surface area contributed by atoms with Gasteiger partial charge in [0, 0.05) is 33.2 Å². The van der Waals surface area contributed by atoms with Gasteiger partial charge in [0.1, 0.15) is 21.9 Å². The summed E-state index contributed by atoms with van der Waals surface area (Å²) in [6, 6.07) is 9.40. The van der Waals surface area contributed by atoms with Gasteiger partial charge in [-0.1, -0.05) is 29.3 Å². The number of pyridine rings is 1. The molecule has 0 bridgehead atoms. The molecule has 0 atom stereocenters. The van der Waals surface area contributed by atoms with E-state index in [9.17, 15) is 0 Å². The van der Waals surface area contributed by atoms with Crippen LogP contribution in [0.3, 0.4) is 0 Å². The third kappa shape index (κ3) is 3.89. The van der Waals surface area contributed by atoms with Crippen molar-refractivity contribution in [2.75, 3.05) is 0 Å². The van der Waals surface area contributed by atoms with Crippen molar-refractivity contribution in [2.24, 2.45) is 0 Å². The van der Waals surface area contributed by atoms with Crippen LogP contribution in [0.5, 0.6) is 0 Å². The Hall–Kier alpha value is -2.16. The van der Waals surface area contributed by atoms with Crippen molar-refractivity contribution < 1.29 is 9.15 Å². The number of furan rings is 1. The minimum Gasteiger partial charge on any atom is -0.463 e. The number of ether oxygens (including phenoxy) is 1. The molecule has 172 valence electrons. The van der Waals surface area contributed by atoms with Gasteiger partial charge in [-0.3, -0.25) is 0 Å². The Morgan fingerprint density at radius 1 is 1.15 bits per heavy atom. The second kappa shape index (κ2) is 8.50. The first-order valence-electron chi connectivity index (χ1n) is 10.7. The summed E-state index contributed by atoms with van der Waals surface area (Å²) in [4.78, 5) is 15.3. The van der Waals surface area contributed by atoms with Crippen LogP contribution in [0.15, 0.2) is 52.4 Å². The maximum absolute atomic E-state index is 6.39. The SMILES string of the molecule is CC1(C)Cc2c(c(-c3ccco3)nc3sc4c(SCc5ccc(Cl)cc5Cl)ncnc4c23)CO1. The van der Waals surface area contributed by atoms with Crippen LogP contribution >= 0.6 is 46.3 Å². The van der Waals surface area contributed by atoms with E-state index in [-0.39, 0.29) is 5.60 Å². The smallest absolute Gasteiger partial charge is 0.152 e. The number of halogens is 2. The van der Waals surface area contributed by atoms with Gasteiger partial charge in [-0.25, -0.2) is 15.0 Å². The van der Waals surface area contributed by atoms with Crippen LogP contribution in [-0.2, 0) is 23.5 Å². The van der Waals surface area contributed by atoms with Crippen LogP contribution in [0.25, 0.3) is 31.9 Å². The lowest BCUT2D eigenvalue weighted by atomic mass is 9.89. The highest BCUT2D eigenvalue weighted by atomic mass is 35.5. The number of hydrogen-bond acceptors (Lipinski definition) is 7. The molecule has 0 unspecified atom stereocenters. The van der Waals surface area contributed by atoms with E-state index < -0.39 is 0 Å². The van der Waals surface area contributed by atoms with Crippen LogP contribution in [0.1, 0.15) is 30.5 Å². The number of thiophene rings is 1. The van der Waals surface area contributed by atoms with Gasteiger partial charge in [0.25, 0.3) is 0 Å². The number of aromatic nitrogens is 3. The normalized spacial score (nSPS) is 15.2. The first kappa shape index (κ1) is 22.3. The maximum atomic E-state index is 6.39. The first-order valence-corrected chi connectivity index (χ1v) is 13.3. The predicted octanol–water partition coefficient (Wildman–Crippen LogP) is 7.95. The third-order valence-corrected chi connectivity index (χ3v) is 8.76. The lowest BCUT2D eigenvalue weighted by Crippen LogP contribution is -2.32. The quantitative estimate of drug-likeness (QED) is 0.174. The van der Waals surface area contributed by atoms with Gasteiger partial charge in [0.05, 0.1) is 28.7 Å². The Labute approximate surface area is 214 Å². The van der Waals surface area contributed by atoms with E-state index in [2.05, 4.69) is 18.8 Å². The van der Waals surface area contributed by atoms with Crippen LogP contribution in [0.2, 0.25) is 10.0 Å². The summed E-state index contributed by atoms with van der Waals surface area (Å²) in [7, 11) is 0. The molecule has 0 N–H and O–H groups in total. The van der Waals surface area contributed by atoms with Crippen LogP contribution < -0.4 is 0 Å². The van der Waals surface area contributed by atoms with Gasteiger partial charge in [-0.05, 0) is 49.2 Å². The molecule has 1 aromatic carbocycles. The van der Waals surface area contributed by atoms with E-state index in [4.69, 9.17) is 42.3 Å². The molecule has 0 spiro atoms. The van der Waals surface area contributed by atoms with Crippen molar-refractivity contribution >= 4 is 66.7 Å². The fourth-order valence-corrected chi connectivity index (χ4v) is 7.08. The molecule has 34 heavy (non-hydrogen) atoms. The van der Waals surface area contributed by atoms with E-state index >= 15 is 0 Å². The van der Waals surface area contributed by atoms with E-state index in [0.717, 1.165) is 54.5 Å². The van der Waals surface area contributed by atoms with Crippen molar-refractivity contribution in [3.63, 3.8) is 0 Å². The maximum Gasteiger partial charge on any atom is 0.152 e. The van der Waals surface area contributed by atoms with E-state index in [0.29, 0.717) is 22.4 Å². The summed E-state index contributed by atoms with van der Waals surface area (Å²) in [5, 5.41) is 3.29. The molecule has 5 aromatic rings. The van der Waals surface area contributed by atoms with Crippen molar-refractivity contribution in [1.82, 2.24) is 15.0 Å². The summed E-state index contributed by atoms with van der Waals surface area (Å²) in [6.45, 7) is 4.73. The molecule has 0 saturated carbocycles. The largest absolute Gasteiger partial charge is 0.463 e. The van der Waals surface area contributed by atoms with Crippen LogP contribution in [0.4, 0.5) is 0 Å². The van der Waals surface area contributed by atoms with Gasteiger partial charge < -0.3 is 9.15 Å². The second-order valence-corrected chi connectivity index (χ2v) is 11.6. The minimum absolute atomic E-state index is 0.272. The molecule has 1 aliphatic rings. The number of fused-ring (bicyclic) bond motifs is 5. The summed E-state index contributed by atoms with van der Waals surface area (Å²) in [5.74, 6) is 1.43. The Kier molecular flexibility index (Phi) is 5.58. The molecule has 1 aliphatic heterocycles. The molecule has 6 rings (SSSR count). The summed E-state index contributed by atoms with van der Waals surface area (Å²) < 4.78 is 12.9. The number of thioether (sulfide) groups is 1. The topological polar surface area (TPSA) is 61.0 Å². The predicted molar refractivity (Wildman–Crippen MR) is 139 cm³/mol. The fraction of sp³-hybridized carbons (Fsp3) is 0.240. The molecule has 0 fully saturated rings. The highest BCUT2D eigenvalue weighted by Gasteiger charge is 2.32. The second-order valence-electron chi connectivity index (χ2n) is 8.78. The molecular weight excluding hydrogens is 509 g/mol. The standard InChI is InChI=1S/C25H19Cl2N3O2S2/c1-25(2)9-15-16(10-32-25)20(18-4-3-7-31-18)30-23-19(15)21-22(34-23)24(29-12-28-21)33-11-13-5-6-14(26)8-17(13)27/h3-8,12H,9-11H2,1-2H3. The molecule has 0 amide bonds. The Balaban J connectivity index is 1.51. The van der Waals surface area contributed by atoms with Gasteiger partial charge >= 0.3 is 0 Å². The highest BCUT2D eigenvalue weighted by Crippen LogP contribution is 2.45. The van der Waals surface area contributed by atoms with E-state index in [1.54, 1.807) is 41.8 Å². The Morgan fingerprint density at radius 2 is 2.03 bits per heavy atom. The molecule has 0 aliphatic carbocycles. The first-order chi connectivity index (χ1) is 16.4. The average molecular weight is 528 g/mol. The van der Waals surface area contributed by atoms with Gasteiger partial charge in [0.15, 0.2) is 5.76 Å². The Morgan fingerprint density at radius 3 is 2.82 bits per heavy atom. The van der Waals surface area contributed by atoms with Crippen molar-refractivity contribution in [2.45, 2.75) is 43.3 Å². The average Bonchev–Trinajstić information content (AvgIpc) is 3.45. The molecule has 0 radical (unpaired) electrons. The lowest BCUT2D eigenvalue weighted by Gasteiger charge is -2.32. The van der Waals surface area contributed by atoms with Crippen molar-refractivity contribution in [3.05, 3.63) is 69.7 Å². The summed E-state index contributed by atoms with van der Waals surface area (Å²) >= 11 is 15.7. The molecule has 5 heterocycles. The van der Waals surface area contributed by atoms with Crippen LogP contribution in [-0.4, -0.2) is 20.6 Å². The number of nitrogens with zero attached hydrogens (tertiary/aromatic N) is 3. The number of hydrogen-bond donors (Lipinski definition) is 0. The molecule has 4 aromatic heterocycles. The van der Waals surface area contributed by atoms with E-state index in [1.807, 2.05) is 24.3 Å². The molecular formula is C25H19Cl2N3O2S2. The number of rotatable bonds is 4. The van der Waals surface area contributed by atoms with Crippen molar-refractivity contribution in [3.8, 4) is 11.5 Å². The zero-order chi connectivity index (χ0) is 23.4. The zero-order valence-electron chi connectivity index (χ0n) is 18.4. The van der Waals surface area contributed by atoms with E-state index in [1.165, 1.54) is 5.56 Å². The lowest BCUT2D eigenvalue weighted by molar-refractivity contribution is -0.0395. The zero-order valence-corrected chi connectivity index (χ0v) is 21.5. The van der Waals surface area contributed by atoms with Crippen molar-refractivity contribution in [1.29, 1.82) is 0 Å². The van der Waals surface area contributed by atoms with Gasteiger partial charge in [-0.2, -0.15) is 0 Å². The van der Waals surface area contributed by atoms with Gasteiger partial charge in [0.2, 0.25) is 0 Å². The highest BCUT2D eigenvalue weighted by molar-refractivity contribution is 7.98.